The Balaban J connectivity index is 1.49. The van der Waals surface area contributed by atoms with Gasteiger partial charge in [-0.3, -0.25) is 4.79 Å². The van der Waals surface area contributed by atoms with Crippen LogP contribution in [0.15, 0.2) is 36.4 Å². The average Bonchev–Trinajstić information content (AvgIpc) is 3.02. The van der Waals surface area contributed by atoms with E-state index in [1.807, 2.05) is 31.2 Å². The number of piperidine rings is 1. The number of benzene rings is 1. The molecule has 134 valence electrons. The molecule has 1 fully saturated rings. The van der Waals surface area contributed by atoms with E-state index in [1.165, 1.54) is 0 Å². The van der Waals surface area contributed by atoms with E-state index in [0.717, 1.165) is 42.4 Å². The van der Waals surface area contributed by atoms with E-state index in [-0.39, 0.29) is 11.8 Å². The van der Waals surface area contributed by atoms with Crippen LogP contribution in [-0.4, -0.2) is 38.8 Å². The first-order valence-electron chi connectivity index (χ1n) is 8.60. The molecule has 0 bridgehead atoms. The van der Waals surface area contributed by atoms with Gasteiger partial charge in [-0.1, -0.05) is 17.7 Å². The first-order valence-corrected chi connectivity index (χ1v) is 8.98. The summed E-state index contributed by atoms with van der Waals surface area (Å²) < 4.78 is 1.73. The van der Waals surface area contributed by atoms with Gasteiger partial charge >= 0.3 is 0 Å². The number of aryl methyl sites for hydroxylation is 1. The van der Waals surface area contributed by atoms with Gasteiger partial charge in [-0.15, -0.1) is 15.3 Å². The largest absolute Gasteiger partial charge is 0.354 e. The highest BCUT2D eigenvalue weighted by Gasteiger charge is 2.27. The van der Waals surface area contributed by atoms with Gasteiger partial charge in [-0.05, 0) is 50.1 Å². The summed E-state index contributed by atoms with van der Waals surface area (Å²) in [7, 11) is 0. The predicted molar refractivity (Wildman–Crippen MR) is 101 cm³/mol. The van der Waals surface area contributed by atoms with Crippen molar-refractivity contribution in [2.75, 3.05) is 23.3 Å². The average molecular weight is 371 g/mol. The van der Waals surface area contributed by atoms with Crippen LogP contribution in [-0.2, 0) is 4.79 Å². The minimum atomic E-state index is -0.0952. The number of aromatic nitrogens is 4. The Kier molecular flexibility index (Phi) is 4.46. The van der Waals surface area contributed by atoms with Crippen molar-refractivity contribution in [3.05, 3.63) is 47.2 Å². The molecule has 8 heteroatoms. The van der Waals surface area contributed by atoms with Crippen molar-refractivity contribution in [2.45, 2.75) is 19.8 Å². The number of nitrogens with zero attached hydrogens (tertiary/aromatic N) is 5. The van der Waals surface area contributed by atoms with Crippen molar-refractivity contribution < 1.29 is 4.79 Å². The fourth-order valence-electron chi connectivity index (χ4n) is 3.26. The number of anilines is 2. The van der Waals surface area contributed by atoms with E-state index in [1.54, 1.807) is 16.6 Å². The van der Waals surface area contributed by atoms with Gasteiger partial charge in [-0.2, -0.15) is 4.52 Å². The summed E-state index contributed by atoms with van der Waals surface area (Å²) >= 11 is 5.99. The Bertz CT molecular complexity index is 956. The third kappa shape index (κ3) is 3.35. The van der Waals surface area contributed by atoms with Crippen molar-refractivity contribution in [2.24, 2.45) is 5.92 Å². The highest BCUT2D eigenvalue weighted by Crippen LogP contribution is 2.24. The van der Waals surface area contributed by atoms with Gasteiger partial charge < -0.3 is 10.2 Å². The number of halogens is 1. The SMILES string of the molecule is Cc1nnc2ccc(N3CCC[C@H](C(=O)Nc4cccc(Cl)c4)C3)nn12. The van der Waals surface area contributed by atoms with Crippen LogP contribution in [0, 0.1) is 12.8 Å². The zero-order valence-corrected chi connectivity index (χ0v) is 15.1. The van der Waals surface area contributed by atoms with E-state index in [9.17, 15) is 4.79 Å². The second-order valence-electron chi connectivity index (χ2n) is 6.49. The molecular formula is C18H19ClN6O. The summed E-state index contributed by atoms with van der Waals surface area (Å²) in [5.74, 6) is 1.50. The molecule has 4 rings (SSSR count). The summed E-state index contributed by atoms with van der Waals surface area (Å²) in [5, 5.41) is 16.3. The lowest BCUT2D eigenvalue weighted by atomic mass is 9.97. The van der Waals surface area contributed by atoms with Crippen LogP contribution in [0.3, 0.4) is 0 Å². The summed E-state index contributed by atoms with van der Waals surface area (Å²) in [6.45, 7) is 3.38. The lowest BCUT2D eigenvalue weighted by Crippen LogP contribution is -2.41. The number of hydrogen-bond acceptors (Lipinski definition) is 5. The van der Waals surface area contributed by atoms with Gasteiger partial charge in [-0.25, -0.2) is 0 Å². The molecule has 1 aliphatic heterocycles. The monoisotopic (exact) mass is 370 g/mol. The Morgan fingerprint density at radius 3 is 3.00 bits per heavy atom. The van der Waals surface area contributed by atoms with Crippen LogP contribution in [0.5, 0.6) is 0 Å². The number of rotatable bonds is 3. The van der Waals surface area contributed by atoms with Crippen LogP contribution >= 0.6 is 11.6 Å². The number of carbonyl (C=O) groups is 1. The van der Waals surface area contributed by atoms with E-state index in [2.05, 4.69) is 25.5 Å². The fraction of sp³-hybridized carbons (Fsp3) is 0.333. The quantitative estimate of drug-likeness (QED) is 0.767. The standard InChI is InChI=1S/C18H19ClN6O/c1-12-21-22-16-7-8-17(23-25(12)16)24-9-3-4-13(11-24)18(26)20-15-6-2-5-14(19)10-15/h2,5-8,10,13H,3-4,9,11H2,1H3,(H,20,26)/t13-/m0/s1. The topological polar surface area (TPSA) is 75.4 Å². The van der Waals surface area contributed by atoms with E-state index in [0.29, 0.717) is 11.6 Å². The molecule has 1 N–H and O–H groups in total. The first-order chi connectivity index (χ1) is 12.6. The Morgan fingerprint density at radius 2 is 2.15 bits per heavy atom. The third-order valence-electron chi connectivity index (χ3n) is 4.61. The van der Waals surface area contributed by atoms with Gasteiger partial charge in [0.15, 0.2) is 11.5 Å². The Morgan fingerprint density at radius 1 is 1.27 bits per heavy atom. The maximum atomic E-state index is 12.7. The van der Waals surface area contributed by atoms with Gasteiger partial charge in [0.05, 0.1) is 5.92 Å². The van der Waals surface area contributed by atoms with Gasteiger partial charge in [0, 0.05) is 23.8 Å². The van der Waals surface area contributed by atoms with Crippen molar-refractivity contribution >= 4 is 34.7 Å². The van der Waals surface area contributed by atoms with Crippen LogP contribution < -0.4 is 10.2 Å². The van der Waals surface area contributed by atoms with Crippen molar-refractivity contribution in [1.29, 1.82) is 0 Å². The molecule has 2 aromatic heterocycles. The van der Waals surface area contributed by atoms with E-state index >= 15 is 0 Å². The lowest BCUT2D eigenvalue weighted by molar-refractivity contribution is -0.120. The van der Waals surface area contributed by atoms with Gasteiger partial charge in [0.1, 0.15) is 5.82 Å². The molecule has 0 saturated carbocycles. The van der Waals surface area contributed by atoms with Crippen LogP contribution in [0.2, 0.25) is 5.02 Å². The molecule has 1 atom stereocenters. The predicted octanol–water partition coefficient (Wildman–Crippen LogP) is 2.94. The Hall–Kier alpha value is -2.67. The Labute approximate surface area is 156 Å². The molecule has 3 heterocycles. The molecule has 0 unspecified atom stereocenters. The number of carbonyl (C=O) groups excluding carboxylic acids is 1. The highest BCUT2D eigenvalue weighted by molar-refractivity contribution is 6.30. The van der Waals surface area contributed by atoms with Gasteiger partial charge in [0.2, 0.25) is 5.91 Å². The second-order valence-corrected chi connectivity index (χ2v) is 6.93. The first kappa shape index (κ1) is 16.8. The molecule has 1 saturated heterocycles. The molecule has 0 aliphatic carbocycles. The summed E-state index contributed by atoms with van der Waals surface area (Å²) in [6, 6.07) is 11.0. The maximum Gasteiger partial charge on any atom is 0.229 e. The number of nitrogens with one attached hydrogen (secondary N) is 1. The summed E-state index contributed by atoms with van der Waals surface area (Å²) in [5.41, 5.74) is 1.44. The van der Waals surface area contributed by atoms with Crippen LogP contribution in [0.1, 0.15) is 18.7 Å². The minimum Gasteiger partial charge on any atom is -0.354 e. The third-order valence-corrected chi connectivity index (χ3v) is 4.85. The smallest absolute Gasteiger partial charge is 0.229 e. The molecule has 26 heavy (non-hydrogen) atoms. The maximum absolute atomic E-state index is 12.7. The van der Waals surface area contributed by atoms with Crippen molar-refractivity contribution in [3.8, 4) is 0 Å². The van der Waals surface area contributed by atoms with Gasteiger partial charge in [0.25, 0.3) is 0 Å². The van der Waals surface area contributed by atoms with E-state index < -0.39 is 0 Å². The minimum absolute atomic E-state index is 0.0125. The molecule has 1 aliphatic rings. The lowest BCUT2D eigenvalue weighted by Gasteiger charge is -2.32. The zero-order valence-electron chi connectivity index (χ0n) is 14.4. The number of amides is 1. The molecule has 0 radical (unpaired) electrons. The van der Waals surface area contributed by atoms with Crippen LogP contribution in [0.25, 0.3) is 5.65 Å². The molecule has 0 spiro atoms. The fourth-order valence-corrected chi connectivity index (χ4v) is 3.46. The molecule has 3 aromatic rings. The highest BCUT2D eigenvalue weighted by atomic mass is 35.5. The van der Waals surface area contributed by atoms with Crippen molar-refractivity contribution in [3.63, 3.8) is 0 Å². The van der Waals surface area contributed by atoms with Crippen LogP contribution in [0.4, 0.5) is 11.5 Å². The normalized spacial score (nSPS) is 17.5. The van der Waals surface area contributed by atoms with Crippen molar-refractivity contribution in [1.82, 2.24) is 19.8 Å². The number of hydrogen-bond donors (Lipinski definition) is 1. The molecular weight excluding hydrogens is 352 g/mol. The molecule has 7 nitrogen and oxygen atoms in total. The summed E-state index contributed by atoms with van der Waals surface area (Å²) in [4.78, 5) is 14.8. The second kappa shape index (κ2) is 6.92. The molecule has 1 aromatic carbocycles. The molecule has 1 amide bonds. The summed E-state index contributed by atoms with van der Waals surface area (Å²) in [6.07, 6.45) is 1.80. The zero-order chi connectivity index (χ0) is 18.1. The van der Waals surface area contributed by atoms with E-state index in [4.69, 9.17) is 11.6 Å². The number of fused-ring (bicyclic) bond motifs is 1.